The molecule has 0 saturated carbocycles. The standard InChI is InChI=1S/C19H23N3O6S/c1-4-27-16-7-9-17(10-8-16)28-13(2)19(24)21-22-29(25,26)18-11-5-15(6-12-18)20-14(3)23/h5-13,22H,4H2,1-3H3,(H,20,23)(H,21,24)/t13-/m1/s1. The first-order valence-corrected chi connectivity index (χ1v) is 10.3. The van der Waals surface area contributed by atoms with Gasteiger partial charge in [0, 0.05) is 12.6 Å². The van der Waals surface area contributed by atoms with Crippen LogP contribution in [-0.2, 0) is 19.6 Å². The molecule has 0 aromatic heterocycles. The summed E-state index contributed by atoms with van der Waals surface area (Å²) in [7, 11) is -3.99. The van der Waals surface area contributed by atoms with E-state index in [1.54, 1.807) is 24.3 Å². The van der Waals surface area contributed by atoms with Crippen molar-refractivity contribution in [2.75, 3.05) is 11.9 Å². The molecule has 0 aliphatic carbocycles. The quantitative estimate of drug-likeness (QED) is 0.531. The first-order chi connectivity index (χ1) is 13.7. The number of benzene rings is 2. The molecule has 2 aromatic carbocycles. The van der Waals surface area contributed by atoms with Crippen LogP contribution in [0.4, 0.5) is 5.69 Å². The summed E-state index contributed by atoms with van der Waals surface area (Å²) in [5.41, 5.74) is 2.58. The third kappa shape index (κ3) is 6.77. The van der Waals surface area contributed by atoms with Crippen molar-refractivity contribution in [3.05, 3.63) is 48.5 Å². The van der Waals surface area contributed by atoms with Gasteiger partial charge in [-0.15, -0.1) is 4.83 Å². The lowest BCUT2D eigenvalue weighted by Crippen LogP contribution is -2.47. The molecule has 2 amide bonds. The van der Waals surface area contributed by atoms with Crippen molar-refractivity contribution in [3.8, 4) is 11.5 Å². The van der Waals surface area contributed by atoms with Gasteiger partial charge in [-0.05, 0) is 62.4 Å². The van der Waals surface area contributed by atoms with Crippen LogP contribution < -0.4 is 25.0 Å². The van der Waals surface area contributed by atoms with Crippen molar-refractivity contribution in [1.82, 2.24) is 10.3 Å². The Hall–Kier alpha value is -3.11. The number of hydrogen-bond acceptors (Lipinski definition) is 6. The minimum absolute atomic E-state index is 0.0769. The molecule has 0 radical (unpaired) electrons. The van der Waals surface area contributed by atoms with Gasteiger partial charge in [-0.25, -0.2) is 8.42 Å². The van der Waals surface area contributed by atoms with E-state index in [-0.39, 0.29) is 10.8 Å². The van der Waals surface area contributed by atoms with E-state index in [1.807, 2.05) is 11.8 Å². The van der Waals surface area contributed by atoms with Crippen molar-refractivity contribution in [1.29, 1.82) is 0 Å². The third-order valence-electron chi connectivity index (χ3n) is 3.61. The lowest BCUT2D eigenvalue weighted by molar-refractivity contribution is -0.127. The highest BCUT2D eigenvalue weighted by atomic mass is 32.2. The predicted molar refractivity (Wildman–Crippen MR) is 107 cm³/mol. The Bertz CT molecular complexity index is 943. The van der Waals surface area contributed by atoms with Crippen LogP contribution in [0.2, 0.25) is 0 Å². The van der Waals surface area contributed by atoms with E-state index in [0.29, 0.717) is 23.8 Å². The Morgan fingerprint density at radius 3 is 2.14 bits per heavy atom. The average Bonchev–Trinajstić information content (AvgIpc) is 2.68. The van der Waals surface area contributed by atoms with Gasteiger partial charge in [0.25, 0.3) is 15.9 Å². The molecule has 0 saturated heterocycles. The Labute approximate surface area is 169 Å². The molecule has 0 unspecified atom stereocenters. The van der Waals surface area contributed by atoms with Crippen LogP contribution in [0.25, 0.3) is 0 Å². The fraction of sp³-hybridized carbons (Fsp3) is 0.263. The summed E-state index contributed by atoms with van der Waals surface area (Å²) in [6.07, 6.45) is -0.946. The highest BCUT2D eigenvalue weighted by Crippen LogP contribution is 2.18. The zero-order chi connectivity index (χ0) is 21.4. The van der Waals surface area contributed by atoms with Gasteiger partial charge in [0.15, 0.2) is 6.10 Å². The minimum Gasteiger partial charge on any atom is -0.494 e. The van der Waals surface area contributed by atoms with E-state index in [9.17, 15) is 18.0 Å². The molecule has 2 rings (SSSR count). The van der Waals surface area contributed by atoms with Gasteiger partial charge in [0.1, 0.15) is 11.5 Å². The molecule has 1 atom stereocenters. The maximum Gasteiger partial charge on any atom is 0.275 e. The van der Waals surface area contributed by atoms with Crippen molar-refractivity contribution in [2.24, 2.45) is 0 Å². The molecule has 0 fully saturated rings. The van der Waals surface area contributed by atoms with Crippen LogP contribution >= 0.6 is 0 Å². The molecule has 10 heteroatoms. The smallest absolute Gasteiger partial charge is 0.275 e. The number of anilines is 1. The number of rotatable bonds is 9. The summed E-state index contributed by atoms with van der Waals surface area (Å²) in [6, 6.07) is 12.2. The molecule has 0 aliphatic heterocycles. The molecule has 0 aliphatic rings. The molecule has 0 spiro atoms. The second kappa shape index (κ2) is 9.89. The third-order valence-corrected chi connectivity index (χ3v) is 4.87. The lowest BCUT2D eigenvalue weighted by atomic mass is 10.3. The van der Waals surface area contributed by atoms with Gasteiger partial charge < -0.3 is 14.8 Å². The molecule has 29 heavy (non-hydrogen) atoms. The second-order valence-electron chi connectivity index (χ2n) is 5.96. The Kier molecular flexibility index (Phi) is 7.57. The van der Waals surface area contributed by atoms with Gasteiger partial charge in [0.2, 0.25) is 5.91 Å². The number of hydrazine groups is 1. The van der Waals surface area contributed by atoms with Crippen LogP contribution in [0.3, 0.4) is 0 Å². The summed E-state index contributed by atoms with van der Waals surface area (Å²) in [4.78, 5) is 25.1. The van der Waals surface area contributed by atoms with Crippen LogP contribution in [0, 0.1) is 0 Å². The average molecular weight is 421 g/mol. The second-order valence-corrected chi connectivity index (χ2v) is 7.65. The number of carbonyl (C=O) groups is 2. The minimum atomic E-state index is -3.99. The van der Waals surface area contributed by atoms with E-state index in [1.165, 1.54) is 38.1 Å². The predicted octanol–water partition coefficient (Wildman–Crippen LogP) is 1.82. The highest BCUT2D eigenvalue weighted by molar-refractivity contribution is 7.89. The van der Waals surface area contributed by atoms with Gasteiger partial charge in [-0.1, -0.05) is 0 Å². The summed E-state index contributed by atoms with van der Waals surface area (Å²) < 4.78 is 35.4. The van der Waals surface area contributed by atoms with Crippen molar-refractivity contribution >= 4 is 27.5 Å². The summed E-state index contributed by atoms with van der Waals surface area (Å²) >= 11 is 0. The van der Waals surface area contributed by atoms with Crippen molar-refractivity contribution in [2.45, 2.75) is 31.8 Å². The van der Waals surface area contributed by atoms with Gasteiger partial charge in [-0.3, -0.25) is 15.0 Å². The number of ether oxygens (including phenoxy) is 2. The number of nitrogens with one attached hydrogen (secondary N) is 3. The normalized spacial score (nSPS) is 12.0. The monoisotopic (exact) mass is 421 g/mol. The van der Waals surface area contributed by atoms with Crippen LogP contribution in [-0.4, -0.2) is 32.9 Å². The number of hydrogen-bond donors (Lipinski definition) is 3. The molecule has 0 bridgehead atoms. The van der Waals surface area contributed by atoms with Crippen molar-refractivity contribution < 1.29 is 27.5 Å². The molecule has 2 aromatic rings. The summed E-state index contributed by atoms with van der Waals surface area (Å²) in [5.74, 6) is 0.173. The van der Waals surface area contributed by atoms with E-state index in [0.717, 1.165) is 0 Å². The van der Waals surface area contributed by atoms with Crippen LogP contribution in [0.15, 0.2) is 53.4 Å². The number of sulfonamides is 1. The Morgan fingerprint density at radius 1 is 1.00 bits per heavy atom. The van der Waals surface area contributed by atoms with Gasteiger partial charge in [-0.2, -0.15) is 0 Å². The van der Waals surface area contributed by atoms with E-state index in [4.69, 9.17) is 9.47 Å². The zero-order valence-corrected chi connectivity index (χ0v) is 17.1. The van der Waals surface area contributed by atoms with Gasteiger partial charge in [0.05, 0.1) is 11.5 Å². The van der Waals surface area contributed by atoms with Crippen LogP contribution in [0.5, 0.6) is 11.5 Å². The van der Waals surface area contributed by atoms with E-state index >= 15 is 0 Å². The molecule has 0 heterocycles. The summed E-state index contributed by atoms with van der Waals surface area (Å²) in [6.45, 7) is 5.24. The first-order valence-electron chi connectivity index (χ1n) is 8.80. The van der Waals surface area contributed by atoms with Crippen LogP contribution in [0.1, 0.15) is 20.8 Å². The molecule has 156 valence electrons. The maximum atomic E-state index is 12.3. The molecule has 9 nitrogen and oxygen atoms in total. The van der Waals surface area contributed by atoms with E-state index in [2.05, 4.69) is 10.7 Å². The fourth-order valence-corrected chi connectivity index (χ4v) is 3.08. The Morgan fingerprint density at radius 2 is 1.59 bits per heavy atom. The zero-order valence-electron chi connectivity index (χ0n) is 16.3. The summed E-state index contributed by atoms with van der Waals surface area (Å²) in [5, 5.41) is 2.53. The topological polar surface area (TPSA) is 123 Å². The largest absolute Gasteiger partial charge is 0.494 e. The highest BCUT2D eigenvalue weighted by Gasteiger charge is 2.19. The fourth-order valence-electron chi connectivity index (χ4n) is 2.24. The van der Waals surface area contributed by atoms with E-state index < -0.39 is 22.0 Å². The molecular weight excluding hydrogens is 398 g/mol. The van der Waals surface area contributed by atoms with Gasteiger partial charge >= 0.3 is 0 Å². The lowest BCUT2D eigenvalue weighted by Gasteiger charge is -2.15. The maximum absolute atomic E-state index is 12.3. The molecule has 3 N–H and O–H groups in total. The number of amides is 2. The Balaban J connectivity index is 1.91. The SMILES string of the molecule is CCOc1ccc(O[C@H](C)C(=O)NNS(=O)(=O)c2ccc(NC(C)=O)cc2)cc1. The van der Waals surface area contributed by atoms with Crippen molar-refractivity contribution in [3.63, 3.8) is 0 Å². The number of carbonyl (C=O) groups excluding carboxylic acids is 2. The first kappa shape index (κ1) is 22.2. The molecular formula is C19H23N3O6S.